The third kappa shape index (κ3) is 2.07. The van der Waals surface area contributed by atoms with Crippen LogP contribution in [0.1, 0.15) is 40.0 Å². The molecule has 0 heterocycles. The Bertz CT molecular complexity index is 325. The normalized spacial score (nSPS) is 41.9. The highest BCUT2D eigenvalue weighted by atomic mass is 16.2. The van der Waals surface area contributed by atoms with E-state index in [0.29, 0.717) is 18.5 Å². The van der Waals surface area contributed by atoms with Crippen molar-refractivity contribution in [2.75, 3.05) is 6.54 Å². The van der Waals surface area contributed by atoms with Crippen molar-refractivity contribution in [1.82, 2.24) is 10.6 Å². The Kier molecular flexibility index (Phi) is 3.13. The molecule has 0 saturated heterocycles. The first-order valence-electron chi connectivity index (χ1n) is 7.60. The van der Waals surface area contributed by atoms with Gasteiger partial charge in [0.15, 0.2) is 0 Å². The molecule has 3 saturated carbocycles. The molecule has 3 aliphatic rings. The van der Waals surface area contributed by atoms with Gasteiger partial charge in [-0.25, -0.2) is 0 Å². The standard InChI is InChI=1S/C15H26N2O/c1-8(2)9(3)17-12(18)7-16-15-13-10-4-5-11(6-10)14(13)15/h8-11,13-16H,4-7H2,1-3H3,(H,17,18). The Hall–Kier alpha value is -0.570. The zero-order chi connectivity index (χ0) is 12.9. The van der Waals surface area contributed by atoms with Gasteiger partial charge in [-0.05, 0) is 55.8 Å². The third-order valence-corrected chi connectivity index (χ3v) is 5.62. The molecule has 5 atom stereocenters. The number of hydrogen-bond donors (Lipinski definition) is 2. The van der Waals surface area contributed by atoms with E-state index < -0.39 is 0 Å². The Morgan fingerprint density at radius 3 is 2.33 bits per heavy atom. The summed E-state index contributed by atoms with van der Waals surface area (Å²) in [7, 11) is 0. The van der Waals surface area contributed by atoms with Crippen molar-refractivity contribution in [2.24, 2.45) is 29.6 Å². The molecular formula is C15H26N2O. The highest BCUT2D eigenvalue weighted by Gasteiger charge is 2.64. The average molecular weight is 250 g/mol. The van der Waals surface area contributed by atoms with Gasteiger partial charge in [0, 0.05) is 12.1 Å². The van der Waals surface area contributed by atoms with E-state index in [9.17, 15) is 4.79 Å². The van der Waals surface area contributed by atoms with E-state index >= 15 is 0 Å². The van der Waals surface area contributed by atoms with Crippen molar-refractivity contribution in [2.45, 2.75) is 52.1 Å². The van der Waals surface area contributed by atoms with Gasteiger partial charge in [-0.3, -0.25) is 4.79 Å². The summed E-state index contributed by atoms with van der Waals surface area (Å²) in [6.07, 6.45) is 4.37. The lowest BCUT2D eigenvalue weighted by molar-refractivity contribution is -0.121. The second-order valence-corrected chi connectivity index (χ2v) is 6.99. The van der Waals surface area contributed by atoms with Crippen molar-refractivity contribution in [3.63, 3.8) is 0 Å². The Morgan fingerprint density at radius 1 is 1.17 bits per heavy atom. The molecule has 3 rings (SSSR count). The summed E-state index contributed by atoms with van der Waals surface area (Å²) >= 11 is 0. The van der Waals surface area contributed by atoms with Crippen molar-refractivity contribution in [3.05, 3.63) is 0 Å². The summed E-state index contributed by atoms with van der Waals surface area (Å²) in [4.78, 5) is 11.8. The van der Waals surface area contributed by atoms with Gasteiger partial charge in [0.05, 0.1) is 6.54 Å². The van der Waals surface area contributed by atoms with Gasteiger partial charge in [0.2, 0.25) is 5.91 Å². The third-order valence-electron chi connectivity index (χ3n) is 5.62. The Balaban J connectivity index is 1.40. The zero-order valence-corrected chi connectivity index (χ0v) is 11.8. The highest BCUT2D eigenvalue weighted by Crippen LogP contribution is 2.65. The first-order valence-corrected chi connectivity index (χ1v) is 7.60. The van der Waals surface area contributed by atoms with Crippen molar-refractivity contribution < 1.29 is 4.79 Å². The van der Waals surface area contributed by atoms with Crippen molar-refractivity contribution >= 4 is 5.91 Å². The number of amides is 1. The molecule has 3 heteroatoms. The molecule has 0 aliphatic heterocycles. The van der Waals surface area contributed by atoms with Crippen molar-refractivity contribution in [1.29, 1.82) is 0 Å². The van der Waals surface area contributed by atoms with E-state index in [1.54, 1.807) is 0 Å². The first-order chi connectivity index (χ1) is 8.58. The topological polar surface area (TPSA) is 41.1 Å². The Labute approximate surface area is 110 Å². The molecule has 3 aliphatic carbocycles. The number of fused-ring (bicyclic) bond motifs is 5. The quantitative estimate of drug-likeness (QED) is 0.781. The fourth-order valence-corrected chi connectivity index (χ4v) is 4.28. The SMILES string of the molecule is CC(C)C(C)NC(=O)CNC1C2C3CCC(C3)C12. The Morgan fingerprint density at radius 2 is 1.78 bits per heavy atom. The minimum atomic E-state index is 0.161. The van der Waals surface area contributed by atoms with Crippen LogP contribution in [0.4, 0.5) is 0 Å². The smallest absolute Gasteiger partial charge is 0.234 e. The number of hydrogen-bond acceptors (Lipinski definition) is 2. The second kappa shape index (κ2) is 4.52. The van der Waals surface area contributed by atoms with Crippen LogP contribution in [0.25, 0.3) is 0 Å². The lowest BCUT2D eigenvalue weighted by Crippen LogP contribution is -2.42. The summed E-state index contributed by atoms with van der Waals surface area (Å²) in [6, 6.07) is 0.936. The van der Waals surface area contributed by atoms with E-state index in [-0.39, 0.29) is 11.9 Å². The van der Waals surface area contributed by atoms with E-state index in [0.717, 1.165) is 23.7 Å². The fourth-order valence-electron chi connectivity index (χ4n) is 4.28. The second-order valence-electron chi connectivity index (χ2n) is 6.99. The predicted molar refractivity (Wildman–Crippen MR) is 72.0 cm³/mol. The summed E-state index contributed by atoms with van der Waals surface area (Å²) in [5, 5.41) is 6.56. The largest absolute Gasteiger partial charge is 0.352 e. The van der Waals surface area contributed by atoms with E-state index in [4.69, 9.17) is 0 Å². The molecule has 0 aromatic heterocycles. The molecule has 0 spiro atoms. The molecule has 3 nitrogen and oxygen atoms in total. The van der Waals surface area contributed by atoms with Crippen LogP contribution in [0.3, 0.4) is 0 Å². The zero-order valence-electron chi connectivity index (χ0n) is 11.8. The molecular weight excluding hydrogens is 224 g/mol. The molecule has 1 amide bonds. The molecule has 3 fully saturated rings. The van der Waals surface area contributed by atoms with Crippen LogP contribution in [-0.2, 0) is 4.79 Å². The molecule has 5 unspecified atom stereocenters. The van der Waals surface area contributed by atoms with E-state index in [1.165, 1.54) is 19.3 Å². The molecule has 2 N–H and O–H groups in total. The lowest BCUT2D eigenvalue weighted by atomic mass is 10.0. The minimum Gasteiger partial charge on any atom is -0.352 e. The molecule has 0 aromatic carbocycles. The van der Waals surface area contributed by atoms with Gasteiger partial charge in [0.1, 0.15) is 0 Å². The number of carbonyl (C=O) groups is 1. The van der Waals surface area contributed by atoms with Gasteiger partial charge in [-0.15, -0.1) is 0 Å². The monoisotopic (exact) mass is 250 g/mol. The van der Waals surface area contributed by atoms with Crippen LogP contribution in [0.5, 0.6) is 0 Å². The van der Waals surface area contributed by atoms with Crippen LogP contribution >= 0.6 is 0 Å². The van der Waals surface area contributed by atoms with Crippen LogP contribution < -0.4 is 10.6 Å². The number of nitrogens with one attached hydrogen (secondary N) is 2. The van der Waals surface area contributed by atoms with E-state index in [2.05, 4.69) is 31.4 Å². The summed E-state index contributed by atoms with van der Waals surface area (Å²) in [5.74, 6) is 4.46. The number of rotatable bonds is 5. The maximum atomic E-state index is 11.8. The van der Waals surface area contributed by atoms with Crippen LogP contribution in [-0.4, -0.2) is 24.5 Å². The van der Waals surface area contributed by atoms with Gasteiger partial charge in [0.25, 0.3) is 0 Å². The summed E-state index contributed by atoms with van der Waals surface area (Å²) in [6.45, 7) is 6.87. The molecule has 0 aromatic rings. The predicted octanol–water partition coefficient (Wildman–Crippen LogP) is 1.78. The van der Waals surface area contributed by atoms with E-state index in [1.807, 2.05) is 0 Å². The first kappa shape index (κ1) is 12.5. The summed E-state index contributed by atoms with van der Waals surface area (Å²) in [5.41, 5.74) is 0. The summed E-state index contributed by atoms with van der Waals surface area (Å²) < 4.78 is 0. The lowest BCUT2D eigenvalue weighted by Gasteiger charge is -2.18. The molecule has 102 valence electrons. The van der Waals surface area contributed by atoms with Crippen molar-refractivity contribution in [3.8, 4) is 0 Å². The minimum absolute atomic E-state index is 0.161. The molecule has 0 radical (unpaired) electrons. The van der Waals surface area contributed by atoms with Gasteiger partial charge in [-0.2, -0.15) is 0 Å². The average Bonchev–Trinajstić information content (AvgIpc) is 2.71. The van der Waals surface area contributed by atoms with Gasteiger partial charge >= 0.3 is 0 Å². The fraction of sp³-hybridized carbons (Fsp3) is 0.933. The maximum absolute atomic E-state index is 11.8. The highest BCUT2D eigenvalue weighted by molar-refractivity contribution is 5.78. The van der Waals surface area contributed by atoms with Gasteiger partial charge < -0.3 is 10.6 Å². The maximum Gasteiger partial charge on any atom is 0.234 e. The number of carbonyl (C=O) groups excluding carboxylic acids is 1. The molecule has 2 bridgehead atoms. The molecule has 18 heavy (non-hydrogen) atoms. The van der Waals surface area contributed by atoms with Crippen LogP contribution in [0.2, 0.25) is 0 Å². The van der Waals surface area contributed by atoms with Crippen LogP contribution in [0, 0.1) is 29.6 Å². The van der Waals surface area contributed by atoms with Crippen LogP contribution in [0.15, 0.2) is 0 Å². The van der Waals surface area contributed by atoms with Gasteiger partial charge in [-0.1, -0.05) is 13.8 Å².